The fraction of sp³-hybridized carbons (Fsp3) is 0.273. The van der Waals surface area contributed by atoms with Crippen molar-refractivity contribution in [1.82, 2.24) is 9.99 Å². The van der Waals surface area contributed by atoms with Gasteiger partial charge < -0.3 is 10.5 Å². The van der Waals surface area contributed by atoms with Crippen molar-refractivity contribution in [2.75, 3.05) is 37.0 Å². The van der Waals surface area contributed by atoms with Gasteiger partial charge in [-0.2, -0.15) is 0 Å². The fourth-order valence-electron chi connectivity index (χ4n) is 3.58. The number of hydrogen-bond donors (Lipinski definition) is 1. The Morgan fingerprint density at radius 1 is 1.07 bits per heavy atom. The molecule has 0 atom stereocenters. The number of ether oxygens (including phenoxy) is 1. The molecule has 2 aromatic carbocycles. The topological polar surface area (TPSA) is 71.7 Å². The summed E-state index contributed by atoms with van der Waals surface area (Å²) in [6.45, 7) is 6.69. The number of para-hydroxylation sites is 1. The number of nitrogen functional groups attached to an aromatic ring is 1. The Labute approximate surface area is 174 Å². The van der Waals surface area contributed by atoms with Crippen molar-refractivity contribution in [2.45, 2.75) is 13.8 Å². The molecule has 2 heterocycles. The van der Waals surface area contributed by atoms with E-state index in [4.69, 9.17) is 10.5 Å². The summed E-state index contributed by atoms with van der Waals surface area (Å²) in [6.07, 6.45) is 0. The van der Waals surface area contributed by atoms with Crippen LogP contribution in [0.1, 0.15) is 26.4 Å². The summed E-state index contributed by atoms with van der Waals surface area (Å²) in [7, 11) is 0. The lowest BCUT2D eigenvalue weighted by atomic mass is 9.98. The Bertz CT molecular complexity index is 993. The highest BCUT2D eigenvalue weighted by molar-refractivity contribution is 7.18. The average molecular weight is 409 g/mol. The third kappa shape index (κ3) is 3.89. The molecule has 0 unspecified atom stereocenters. The number of ketones is 1. The predicted octanol–water partition coefficient (Wildman–Crippen LogP) is 3.96. The van der Waals surface area contributed by atoms with Crippen LogP contribution in [-0.2, 0) is 4.74 Å². The Hall–Kier alpha value is -2.74. The first-order chi connectivity index (χ1) is 14.1. The standard InChI is InChI=1S/C22H24N4O2S/c1-15-7-6-8-16(2)18(15)19(27)20-21(23)24-22(29-20)26(17-9-4-3-5-10-17)25-11-13-28-14-12-25/h3-10H,11-14,23H2,1-2H3. The molecule has 0 spiro atoms. The third-order valence-corrected chi connectivity index (χ3v) is 6.05. The summed E-state index contributed by atoms with van der Waals surface area (Å²) < 4.78 is 5.51. The number of anilines is 3. The Balaban J connectivity index is 1.75. The van der Waals surface area contributed by atoms with Crippen LogP contribution in [0.25, 0.3) is 0 Å². The summed E-state index contributed by atoms with van der Waals surface area (Å²) >= 11 is 1.33. The van der Waals surface area contributed by atoms with Crippen LogP contribution < -0.4 is 10.7 Å². The SMILES string of the molecule is Cc1cccc(C)c1C(=O)c1sc(N(c2ccccc2)N2CCOCC2)nc1N. The van der Waals surface area contributed by atoms with E-state index < -0.39 is 0 Å². The minimum absolute atomic E-state index is 0.0724. The lowest BCUT2D eigenvalue weighted by Gasteiger charge is -2.36. The van der Waals surface area contributed by atoms with E-state index >= 15 is 0 Å². The number of nitrogens with two attached hydrogens (primary N) is 1. The van der Waals surface area contributed by atoms with Crippen LogP contribution in [0.4, 0.5) is 16.6 Å². The number of aryl methyl sites for hydroxylation is 2. The van der Waals surface area contributed by atoms with Crippen molar-refractivity contribution in [2.24, 2.45) is 0 Å². The van der Waals surface area contributed by atoms with Gasteiger partial charge in [0.1, 0.15) is 10.7 Å². The molecular formula is C22H24N4O2S. The van der Waals surface area contributed by atoms with Crippen molar-refractivity contribution in [3.8, 4) is 0 Å². The van der Waals surface area contributed by atoms with Gasteiger partial charge in [-0.15, -0.1) is 0 Å². The normalized spacial score (nSPS) is 14.7. The summed E-state index contributed by atoms with van der Waals surface area (Å²) in [6, 6.07) is 15.9. The summed E-state index contributed by atoms with van der Waals surface area (Å²) in [4.78, 5) is 18.4. The molecule has 3 aromatic rings. The molecular weight excluding hydrogens is 384 g/mol. The molecule has 4 rings (SSSR count). The Morgan fingerprint density at radius 2 is 1.72 bits per heavy atom. The van der Waals surface area contributed by atoms with E-state index in [0.29, 0.717) is 28.8 Å². The maximum atomic E-state index is 13.3. The van der Waals surface area contributed by atoms with Crippen LogP contribution in [0.2, 0.25) is 0 Å². The average Bonchev–Trinajstić information content (AvgIpc) is 3.10. The van der Waals surface area contributed by atoms with Gasteiger partial charge in [-0.1, -0.05) is 47.7 Å². The second-order valence-corrected chi connectivity index (χ2v) is 8.00. The molecule has 1 aliphatic heterocycles. The Morgan fingerprint density at radius 3 is 2.38 bits per heavy atom. The maximum absolute atomic E-state index is 13.3. The second-order valence-electron chi connectivity index (χ2n) is 7.02. The number of aromatic nitrogens is 1. The first-order valence-corrected chi connectivity index (χ1v) is 10.4. The van der Waals surface area contributed by atoms with Gasteiger partial charge >= 0.3 is 0 Å². The molecule has 0 radical (unpaired) electrons. The van der Waals surface area contributed by atoms with Crippen molar-refractivity contribution in [3.05, 3.63) is 70.1 Å². The summed E-state index contributed by atoms with van der Waals surface area (Å²) in [5.74, 6) is 0.198. The number of rotatable bonds is 5. The van der Waals surface area contributed by atoms with Crippen LogP contribution >= 0.6 is 11.3 Å². The van der Waals surface area contributed by atoms with E-state index in [1.807, 2.05) is 67.4 Å². The molecule has 0 bridgehead atoms. The lowest BCUT2D eigenvalue weighted by molar-refractivity contribution is 0.0378. The first-order valence-electron chi connectivity index (χ1n) is 9.61. The quantitative estimate of drug-likeness (QED) is 0.645. The van der Waals surface area contributed by atoms with Gasteiger partial charge in [0.15, 0.2) is 0 Å². The fourth-order valence-corrected chi connectivity index (χ4v) is 4.56. The van der Waals surface area contributed by atoms with Gasteiger partial charge in [0.2, 0.25) is 10.9 Å². The molecule has 0 saturated carbocycles. The van der Waals surface area contributed by atoms with Crippen LogP contribution in [-0.4, -0.2) is 42.1 Å². The molecule has 0 amide bonds. The number of hydrogen-bond acceptors (Lipinski definition) is 7. The van der Waals surface area contributed by atoms with Gasteiger partial charge in [0.25, 0.3) is 0 Å². The molecule has 2 N–H and O–H groups in total. The molecule has 150 valence electrons. The van der Waals surface area contributed by atoms with E-state index in [-0.39, 0.29) is 11.6 Å². The minimum atomic E-state index is -0.0724. The number of carbonyl (C=O) groups excluding carboxylic acids is 1. The predicted molar refractivity (Wildman–Crippen MR) is 117 cm³/mol. The van der Waals surface area contributed by atoms with Gasteiger partial charge in [0, 0.05) is 18.7 Å². The smallest absolute Gasteiger partial charge is 0.207 e. The molecule has 29 heavy (non-hydrogen) atoms. The van der Waals surface area contributed by atoms with Crippen LogP contribution in [0, 0.1) is 13.8 Å². The van der Waals surface area contributed by atoms with Crippen LogP contribution in [0.5, 0.6) is 0 Å². The van der Waals surface area contributed by atoms with E-state index in [1.54, 1.807) is 0 Å². The van der Waals surface area contributed by atoms with Gasteiger partial charge in [-0.25, -0.2) is 15.0 Å². The zero-order valence-electron chi connectivity index (χ0n) is 16.6. The van der Waals surface area contributed by atoms with E-state index in [0.717, 1.165) is 29.9 Å². The van der Waals surface area contributed by atoms with E-state index in [9.17, 15) is 4.79 Å². The number of nitrogens with zero attached hydrogens (tertiary/aromatic N) is 3. The zero-order chi connectivity index (χ0) is 20.4. The van der Waals surface area contributed by atoms with Crippen LogP contribution in [0.15, 0.2) is 48.5 Å². The number of thiazole rings is 1. The van der Waals surface area contributed by atoms with Crippen LogP contribution in [0.3, 0.4) is 0 Å². The molecule has 1 saturated heterocycles. The highest BCUT2D eigenvalue weighted by Gasteiger charge is 2.27. The number of carbonyl (C=O) groups is 1. The molecule has 7 heteroatoms. The number of morpholine rings is 1. The summed E-state index contributed by atoms with van der Waals surface area (Å²) in [5, 5.41) is 4.92. The molecule has 6 nitrogen and oxygen atoms in total. The molecule has 1 fully saturated rings. The van der Waals surface area contributed by atoms with Gasteiger partial charge in [-0.3, -0.25) is 4.79 Å². The van der Waals surface area contributed by atoms with E-state index in [2.05, 4.69) is 9.99 Å². The molecule has 1 aliphatic rings. The third-order valence-electron chi connectivity index (χ3n) is 5.01. The highest BCUT2D eigenvalue weighted by atomic mass is 32.1. The zero-order valence-corrected chi connectivity index (χ0v) is 17.4. The van der Waals surface area contributed by atoms with Crippen molar-refractivity contribution in [1.29, 1.82) is 0 Å². The first kappa shape index (κ1) is 19.6. The molecule has 1 aromatic heterocycles. The number of hydrazine groups is 1. The largest absolute Gasteiger partial charge is 0.382 e. The lowest BCUT2D eigenvalue weighted by Crippen LogP contribution is -2.46. The molecule has 0 aliphatic carbocycles. The van der Waals surface area contributed by atoms with Crippen molar-refractivity contribution < 1.29 is 9.53 Å². The minimum Gasteiger partial charge on any atom is -0.382 e. The van der Waals surface area contributed by atoms with Crippen molar-refractivity contribution >= 4 is 33.8 Å². The second kappa shape index (κ2) is 8.32. The number of benzene rings is 2. The summed E-state index contributed by atoms with van der Waals surface area (Å²) in [5.41, 5.74) is 9.80. The van der Waals surface area contributed by atoms with E-state index in [1.165, 1.54) is 11.3 Å². The van der Waals surface area contributed by atoms with Gasteiger partial charge in [-0.05, 0) is 37.1 Å². The van der Waals surface area contributed by atoms with Gasteiger partial charge in [0.05, 0.1) is 18.9 Å². The Kier molecular flexibility index (Phi) is 5.62. The van der Waals surface area contributed by atoms with Crippen molar-refractivity contribution in [3.63, 3.8) is 0 Å². The highest BCUT2D eigenvalue weighted by Crippen LogP contribution is 2.36. The monoisotopic (exact) mass is 408 g/mol. The maximum Gasteiger partial charge on any atom is 0.207 e.